The molecule has 3 aromatic rings. The molecule has 0 spiro atoms. The van der Waals surface area contributed by atoms with E-state index in [2.05, 4.69) is 10.1 Å². The number of rotatable bonds is 2. The highest BCUT2D eigenvalue weighted by Gasteiger charge is 2.14. The topological polar surface area (TPSA) is 30.7 Å². The highest BCUT2D eigenvalue weighted by molar-refractivity contribution is 5.80. The molecular formula is C15H10F3N3. The molecule has 0 aliphatic rings. The summed E-state index contributed by atoms with van der Waals surface area (Å²) in [4.78, 5) is 3.50. The van der Waals surface area contributed by atoms with Gasteiger partial charge in [-0.3, -0.25) is 4.68 Å². The third-order valence-electron chi connectivity index (χ3n) is 3.06. The van der Waals surface area contributed by atoms with Gasteiger partial charge in [-0.25, -0.2) is 13.8 Å². The number of pyridine rings is 1. The van der Waals surface area contributed by atoms with Crippen molar-refractivity contribution in [2.24, 2.45) is 7.05 Å². The van der Waals surface area contributed by atoms with Crippen LogP contribution in [0.15, 0.2) is 42.7 Å². The van der Waals surface area contributed by atoms with E-state index in [9.17, 15) is 13.2 Å². The lowest BCUT2D eigenvalue weighted by atomic mass is 10.0. The Morgan fingerprint density at radius 2 is 1.76 bits per heavy atom. The van der Waals surface area contributed by atoms with Gasteiger partial charge in [-0.1, -0.05) is 0 Å². The summed E-state index contributed by atoms with van der Waals surface area (Å²) >= 11 is 0. The molecule has 0 atom stereocenters. The Bertz CT molecular complexity index is 812. The maximum absolute atomic E-state index is 13.4. The first-order chi connectivity index (χ1) is 10.0. The van der Waals surface area contributed by atoms with Crippen LogP contribution in [0.2, 0.25) is 0 Å². The van der Waals surface area contributed by atoms with E-state index in [4.69, 9.17) is 0 Å². The fraction of sp³-hybridized carbons (Fsp3) is 0.0667. The summed E-state index contributed by atoms with van der Waals surface area (Å²) in [6.07, 6.45) is 3.03. The Labute approximate surface area is 118 Å². The second kappa shape index (κ2) is 5.05. The molecule has 0 aliphatic heterocycles. The number of halogens is 3. The summed E-state index contributed by atoms with van der Waals surface area (Å²) < 4.78 is 41.2. The van der Waals surface area contributed by atoms with Crippen LogP contribution in [-0.4, -0.2) is 14.8 Å². The molecule has 1 aromatic carbocycles. The normalized spacial score (nSPS) is 10.9. The number of benzene rings is 1. The lowest BCUT2D eigenvalue weighted by molar-refractivity contribution is 0.509. The van der Waals surface area contributed by atoms with Crippen molar-refractivity contribution in [2.75, 3.05) is 0 Å². The number of hydrogen-bond acceptors (Lipinski definition) is 2. The lowest BCUT2D eigenvalue weighted by Gasteiger charge is -2.03. The van der Waals surface area contributed by atoms with Gasteiger partial charge in [-0.2, -0.15) is 9.49 Å². The van der Waals surface area contributed by atoms with Crippen molar-refractivity contribution in [2.45, 2.75) is 0 Å². The van der Waals surface area contributed by atoms with E-state index in [-0.39, 0.29) is 0 Å². The van der Waals surface area contributed by atoms with Crippen molar-refractivity contribution in [1.82, 2.24) is 14.8 Å². The minimum Gasteiger partial charge on any atom is -0.275 e. The Hall–Kier alpha value is -2.63. The van der Waals surface area contributed by atoms with Crippen molar-refractivity contribution >= 4 is 0 Å². The molecule has 21 heavy (non-hydrogen) atoms. The highest BCUT2D eigenvalue weighted by Crippen LogP contribution is 2.31. The van der Waals surface area contributed by atoms with Gasteiger partial charge in [-0.05, 0) is 29.8 Å². The number of aromatic nitrogens is 3. The van der Waals surface area contributed by atoms with Crippen LogP contribution in [0.5, 0.6) is 0 Å². The quantitative estimate of drug-likeness (QED) is 0.675. The summed E-state index contributed by atoms with van der Waals surface area (Å²) in [5.41, 5.74) is 2.05. The van der Waals surface area contributed by atoms with Crippen LogP contribution in [0, 0.1) is 17.6 Å². The van der Waals surface area contributed by atoms with E-state index in [1.807, 2.05) is 0 Å². The largest absolute Gasteiger partial charge is 0.275 e. The first kappa shape index (κ1) is 13.4. The molecule has 2 aromatic heterocycles. The summed E-state index contributed by atoms with van der Waals surface area (Å²) in [6.45, 7) is 0. The Morgan fingerprint density at radius 3 is 2.48 bits per heavy atom. The molecule has 0 saturated carbocycles. The van der Waals surface area contributed by atoms with Crippen LogP contribution in [0.4, 0.5) is 13.2 Å². The zero-order chi connectivity index (χ0) is 15.0. The molecule has 0 unspecified atom stereocenters. The number of hydrogen-bond donors (Lipinski definition) is 0. The van der Waals surface area contributed by atoms with E-state index in [0.29, 0.717) is 22.4 Å². The van der Waals surface area contributed by atoms with Gasteiger partial charge in [0.15, 0.2) is 11.6 Å². The summed E-state index contributed by atoms with van der Waals surface area (Å²) in [5, 5.41) is 4.24. The molecule has 0 radical (unpaired) electrons. The molecule has 0 aliphatic carbocycles. The van der Waals surface area contributed by atoms with Crippen LogP contribution in [0.25, 0.3) is 22.4 Å². The lowest BCUT2D eigenvalue weighted by Crippen LogP contribution is -1.90. The van der Waals surface area contributed by atoms with Gasteiger partial charge in [0.1, 0.15) is 5.69 Å². The first-order valence-corrected chi connectivity index (χ1v) is 6.15. The molecule has 2 heterocycles. The predicted octanol–water partition coefficient (Wildman–Crippen LogP) is 3.57. The van der Waals surface area contributed by atoms with Gasteiger partial charge in [0, 0.05) is 36.6 Å². The van der Waals surface area contributed by atoms with Crippen molar-refractivity contribution in [1.29, 1.82) is 0 Å². The Kier molecular flexibility index (Phi) is 3.21. The molecule has 0 amide bonds. The van der Waals surface area contributed by atoms with Crippen LogP contribution in [0.3, 0.4) is 0 Å². The molecule has 0 fully saturated rings. The van der Waals surface area contributed by atoms with Crippen LogP contribution in [-0.2, 0) is 7.05 Å². The van der Waals surface area contributed by atoms with Crippen molar-refractivity contribution in [3.8, 4) is 22.4 Å². The van der Waals surface area contributed by atoms with Crippen molar-refractivity contribution in [3.63, 3.8) is 0 Å². The van der Waals surface area contributed by atoms with Crippen molar-refractivity contribution in [3.05, 3.63) is 60.3 Å². The van der Waals surface area contributed by atoms with Gasteiger partial charge >= 0.3 is 0 Å². The molecule has 0 bridgehead atoms. The first-order valence-electron chi connectivity index (χ1n) is 6.15. The molecule has 3 nitrogen and oxygen atoms in total. The molecule has 0 N–H and O–H groups in total. The Balaban J connectivity index is 2.17. The molecule has 3 rings (SSSR count). The van der Waals surface area contributed by atoms with Crippen molar-refractivity contribution < 1.29 is 13.2 Å². The highest BCUT2D eigenvalue weighted by atomic mass is 19.2. The van der Waals surface area contributed by atoms with Gasteiger partial charge in [0.25, 0.3) is 0 Å². The fourth-order valence-corrected chi connectivity index (χ4v) is 2.13. The zero-order valence-electron chi connectivity index (χ0n) is 11.0. The van der Waals surface area contributed by atoms with Crippen LogP contribution >= 0.6 is 0 Å². The maximum atomic E-state index is 13.4. The number of aryl methyl sites for hydroxylation is 1. The fourth-order valence-electron chi connectivity index (χ4n) is 2.13. The second-order valence-corrected chi connectivity index (χ2v) is 4.56. The van der Waals surface area contributed by atoms with Gasteiger partial charge < -0.3 is 0 Å². The SMILES string of the molecule is Cn1cc(-c2ccnc(F)c2)c(-c2ccc(F)c(F)c2)n1. The standard InChI is InChI=1S/C15H10F3N3/c1-21-8-11(9-4-5-19-14(18)7-9)15(20-21)10-2-3-12(16)13(17)6-10/h2-8H,1H3. The molecule has 0 saturated heterocycles. The third kappa shape index (κ3) is 2.52. The average Bonchev–Trinajstić information content (AvgIpc) is 2.84. The number of nitrogens with zero attached hydrogens (tertiary/aromatic N) is 3. The van der Waals surface area contributed by atoms with E-state index in [0.717, 1.165) is 12.1 Å². The maximum Gasteiger partial charge on any atom is 0.213 e. The van der Waals surface area contributed by atoms with E-state index >= 15 is 0 Å². The van der Waals surface area contributed by atoms with Crippen LogP contribution < -0.4 is 0 Å². The van der Waals surface area contributed by atoms with Crippen LogP contribution in [0.1, 0.15) is 0 Å². The zero-order valence-corrected chi connectivity index (χ0v) is 11.0. The predicted molar refractivity (Wildman–Crippen MR) is 71.7 cm³/mol. The molecule has 106 valence electrons. The molecular weight excluding hydrogens is 279 g/mol. The minimum atomic E-state index is -0.954. The molecule has 6 heteroatoms. The van der Waals surface area contributed by atoms with Gasteiger partial charge in [-0.15, -0.1) is 0 Å². The average molecular weight is 289 g/mol. The second-order valence-electron chi connectivity index (χ2n) is 4.56. The third-order valence-corrected chi connectivity index (χ3v) is 3.06. The van der Waals surface area contributed by atoms with Gasteiger partial charge in [0.05, 0.1) is 0 Å². The smallest absolute Gasteiger partial charge is 0.213 e. The van der Waals surface area contributed by atoms with Gasteiger partial charge in [0.2, 0.25) is 5.95 Å². The van der Waals surface area contributed by atoms with E-state index in [1.54, 1.807) is 19.3 Å². The summed E-state index contributed by atoms with van der Waals surface area (Å²) in [6, 6.07) is 6.43. The Morgan fingerprint density at radius 1 is 0.952 bits per heavy atom. The monoisotopic (exact) mass is 289 g/mol. The summed E-state index contributed by atoms with van der Waals surface area (Å²) in [7, 11) is 1.70. The van der Waals surface area contributed by atoms with E-state index in [1.165, 1.54) is 23.0 Å². The summed E-state index contributed by atoms with van der Waals surface area (Å²) in [5.74, 6) is -2.50. The van der Waals surface area contributed by atoms with E-state index < -0.39 is 17.6 Å². The minimum absolute atomic E-state index is 0.418.